The molecule has 2 aliphatic rings. The first-order valence-electron chi connectivity index (χ1n) is 11.1. The molecule has 3 rings (SSSR count). The first kappa shape index (κ1) is 25.5. The fourth-order valence-corrected chi connectivity index (χ4v) is 3.88. The molecule has 0 saturated heterocycles. The van der Waals surface area contributed by atoms with Crippen LogP contribution in [0, 0.1) is 11.8 Å². The molecule has 9 nitrogen and oxygen atoms in total. The molecule has 0 bridgehead atoms. The van der Waals surface area contributed by atoms with Crippen LogP contribution in [0.5, 0.6) is 0 Å². The Morgan fingerprint density at radius 1 is 1.17 bits per heavy atom. The van der Waals surface area contributed by atoms with Crippen LogP contribution in [0.1, 0.15) is 37.8 Å². The van der Waals surface area contributed by atoms with Gasteiger partial charge in [0.15, 0.2) is 0 Å². The van der Waals surface area contributed by atoms with Crippen LogP contribution in [-0.2, 0) is 14.4 Å². The van der Waals surface area contributed by atoms with Crippen molar-refractivity contribution in [2.45, 2.75) is 32.5 Å². The van der Waals surface area contributed by atoms with Gasteiger partial charge in [0.2, 0.25) is 5.91 Å². The predicted molar refractivity (Wildman–Crippen MR) is 130 cm³/mol. The van der Waals surface area contributed by atoms with Gasteiger partial charge in [0.1, 0.15) is 5.70 Å². The summed E-state index contributed by atoms with van der Waals surface area (Å²) in [5, 5.41) is 20.2. The number of amides is 3. The van der Waals surface area contributed by atoms with E-state index in [1.807, 2.05) is 13.0 Å². The summed E-state index contributed by atoms with van der Waals surface area (Å²) < 4.78 is 0. The van der Waals surface area contributed by atoms with E-state index in [0.29, 0.717) is 36.3 Å². The molecule has 1 aromatic carbocycles. The second kappa shape index (κ2) is 10.0. The van der Waals surface area contributed by atoms with Crippen LogP contribution in [0.25, 0.3) is 5.57 Å². The Morgan fingerprint density at radius 2 is 1.89 bits per heavy atom. The Kier molecular flexibility index (Phi) is 7.29. The highest BCUT2D eigenvalue weighted by atomic mass is 16.5. The van der Waals surface area contributed by atoms with Crippen LogP contribution in [-0.4, -0.2) is 57.1 Å². The Morgan fingerprint density at radius 3 is 2.49 bits per heavy atom. The van der Waals surface area contributed by atoms with Gasteiger partial charge in [-0.1, -0.05) is 25.0 Å². The van der Waals surface area contributed by atoms with Crippen molar-refractivity contribution in [1.82, 2.24) is 9.80 Å². The molecule has 0 fully saturated rings. The number of primary amides is 2. The van der Waals surface area contributed by atoms with Crippen LogP contribution >= 0.6 is 0 Å². The lowest BCUT2D eigenvalue weighted by Crippen LogP contribution is -2.46. The second-order valence-electron chi connectivity index (χ2n) is 8.18. The quantitative estimate of drug-likeness (QED) is 0.351. The van der Waals surface area contributed by atoms with E-state index < -0.39 is 23.5 Å². The van der Waals surface area contributed by atoms with Crippen molar-refractivity contribution in [1.29, 1.82) is 0 Å². The molecular formula is C26H28N4O5. The number of carbonyl (C=O) groups is 3. The molecule has 1 aromatic rings. The first-order valence-corrected chi connectivity index (χ1v) is 11.1. The minimum Gasteiger partial charge on any atom is -0.366 e. The molecule has 0 spiro atoms. The van der Waals surface area contributed by atoms with Crippen LogP contribution in [0.3, 0.4) is 0 Å². The van der Waals surface area contributed by atoms with Crippen molar-refractivity contribution < 1.29 is 24.6 Å². The number of rotatable bonds is 6. The molecular weight excluding hydrogens is 448 g/mol. The van der Waals surface area contributed by atoms with Gasteiger partial charge in [0.05, 0.1) is 5.70 Å². The zero-order valence-electron chi connectivity index (χ0n) is 19.8. The summed E-state index contributed by atoms with van der Waals surface area (Å²) in [6, 6.07) is 6.98. The molecule has 35 heavy (non-hydrogen) atoms. The van der Waals surface area contributed by atoms with Crippen molar-refractivity contribution in [3.8, 4) is 11.8 Å². The number of aliphatic hydroxyl groups is 2. The van der Waals surface area contributed by atoms with E-state index >= 15 is 0 Å². The topological polar surface area (TPSA) is 150 Å². The Labute approximate surface area is 203 Å². The molecule has 0 unspecified atom stereocenters. The third kappa shape index (κ3) is 5.19. The van der Waals surface area contributed by atoms with Crippen molar-refractivity contribution in [3.63, 3.8) is 0 Å². The number of nitrogens with two attached hydrogens (primary N) is 2. The van der Waals surface area contributed by atoms with E-state index in [4.69, 9.17) is 11.5 Å². The van der Waals surface area contributed by atoms with Crippen molar-refractivity contribution >= 4 is 23.3 Å². The molecule has 2 aliphatic heterocycles. The SMILES string of the molecule is CCC1=C(C(N)=O)N2C=CC(C(N)=O)=CC2=C(c2cccc(C#CC(O)(O)C(=O)N(C)CC)c2)C1. The maximum absolute atomic E-state index is 12.3. The summed E-state index contributed by atoms with van der Waals surface area (Å²) in [7, 11) is 1.44. The summed E-state index contributed by atoms with van der Waals surface area (Å²) in [6.45, 7) is 3.92. The molecule has 0 atom stereocenters. The van der Waals surface area contributed by atoms with Gasteiger partial charge < -0.3 is 31.5 Å². The van der Waals surface area contributed by atoms with Crippen LogP contribution in [0.15, 0.2) is 65.2 Å². The van der Waals surface area contributed by atoms with E-state index in [1.165, 1.54) is 13.1 Å². The van der Waals surface area contributed by atoms with E-state index in [0.717, 1.165) is 21.6 Å². The summed E-state index contributed by atoms with van der Waals surface area (Å²) in [4.78, 5) is 39.0. The smallest absolute Gasteiger partial charge is 0.311 e. The van der Waals surface area contributed by atoms with Gasteiger partial charge in [-0.15, -0.1) is 0 Å². The van der Waals surface area contributed by atoms with Gasteiger partial charge >= 0.3 is 5.79 Å². The Balaban J connectivity index is 2.09. The van der Waals surface area contributed by atoms with Crippen LogP contribution < -0.4 is 11.5 Å². The van der Waals surface area contributed by atoms with Gasteiger partial charge in [-0.3, -0.25) is 14.4 Å². The monoisotopic (exact) mass is 476 g/mol. The zero-order chi connectivity index (χ0) is 25.9. The number of allylic oxidation sites excluding steroid dienone is 3. The van der Waals surface area contributed by atoms with E-state index in [1.54, 1.807) is 42.3 Å². The number of fused-ring (bicyclic) bond motifs is 1. The van der Waals surface area contributed by atoms with E-state index in [9.17, 15) is 24.6 Å². The number of hydrogen-bond donors (Lipinski definition) is 4. The molecule has 0 saturated carbocycles. The molecule has 0 radical (unpaired) electrons. The molecule has 2 heterocycles. The predicted octanol–water partition coefficient (Wildman–Crippen LogP) is 0.703. The average molecular weight is 477 g/mol. The van der Waals surface area contributed by atoms with Gasteiger partial charge in [0, 0.05) is 30.9 Å². The van der Waals surface area contributed by atoms with Crippen molar-refractivity contribution in [2.75, 3.05) is 13.6 Å². The standard InChI is InChI=1S/C26H28N4O5/c1-4-17-14-20(21-15-19(23(27)31)10-12-30(21)22(17)24(28)32)18-8-6-7-16(13-18)9-11-26(34,35)25(33)29(3)5-2/h6-8,10,12-13,15,34-35H,4-5,14H2,1-3H3,(H2,27,31)(H2,28,32). The first-order chi connectivity index (χ1) is 16.5. The van der Waals surface area contributed by atoms with Gasteiger partial charge in [0.25, 0.3) is 11.8 Å². The van der Waals surface area contributed by atoms with Gasteiger partial charge in [-0.2, -0.15) is 0 Å². The minimum absolute atomic E-state index is 0.275. The fraction of sp³-hybridized carbons (Fsp3) is 0.269. The van der Waals surface area contributed by atoms with Crippen LogP contribution in [0.4, 0.5) is 0 Å². The normalized spacial score (nSPS) is 15.2. The molecule has 3 amide bonds. The van der Waals surface area contributed by atoms with Gasteiger partial charge in [-0.25, -0.2) is 0 Å². The number of nitrogens with zero attached hydrogens (tertiary/aromatic N) is 2. The molecule has 6 N–H and O–H groups in total. The Bertz CT molecular complexity index is 1270. The molecule has 0 aliphatic carbocycles. The van der Waals surface area contributed by atoms with Gasteiger partial charge in [-0.05, 0) is 66.7 Å². The second-order valence-corrected chi connectivity index (χ2v) is 8.18. The number of hydrogen-bond acceptors (Lipinski definition) is 6. The fourth-order valence-electron chi connectivity index (χ4n) is 3.88. The van der Waals surface area contributed by atoms with Crippen molar-refractivity contribution in [2.24, 2.45) is 11.5 Å². The third-order valence-corrected chi connectivity index (χ3v) is 5.89. The lowest BCUT2D eigenvalue weighted by Gasteiger charge is -2.34. The van der Waals surface area contributed by atoms with Crippen molar-refractivity contribution in [3.05, 3.63) is 76.3 Å². The lowest BCUT2D eigenvalue weighted by molar-refractivity contribution is -0.175. The summed E-state index contributed by atoms with van der Waals surface area (Å²) >= 11 is 0. The highest BCUT2D eigenvalue weighted by Gasteiger charge is 2.34. The largest absolute Gasteiger partial charge is 0.366 e. The molecule has 9 heteroatoms. The summed E-state index contributed by atoms with van der Waals surface area (Å²) in [6.07, 6.45) is 5.71. The highest BCUT2D eigenvalue weighted by Crippen LogP contribution is 2.40. The van der Waals surface area contributed by atoms with E-state index in [-0.39, 0.29) is 5.57 Å². The summed E-state index contributed by atoms with van der Waals surface area (Å²) in [5.41, 5.74) is 15.2. The molecule has 182 valence electrons. The van der Waals surface area contributed by atoms with Crippen LogP contribution in [0.2, 0.25) is 0 Å². The third-order valence-electron chi connectivity index (χ3n) is 5.89. The number of benzene rings is 1. The van der Waals surface area contributed by atoms with E-state index in [2.05, 4.69) is 11.8 Å². The Hall–Kier alpha value is -4.13. The minimum atomic E-state index is -2.83. The zero-order valence-corrected chi connectivity index (χ0v) is 19.8. The maximum atomic E-state index is 12.3. The number of likely N-dealkylation sites (N-methyl/N-ethyl adjacent to an activating group) is 1. The molecule has 0 aromatic heterocycles. The maximum Gasteiger partial charge on any atom is 0.311 e. The lowest BCUT2D eigenvalue weighted by atomic mass is 9.87. The number of carbonyl (C=O) groups excluding carboxylic acids is 3. The highest BCUT2D eigenvalue weighted by molar-refractivity contribution is 5.99. The summed E-state index contributed by atoms with van der Waals surface area (Å²) in [5.74, 6) is -0.0605. The average Bonchev–Trinajstić information content (AvgIpc) is 2.85.